The van der Waals surface area contributed by atoms with Crippen LogP contribution in [0.4, 0.5) is 0 Å². The van der Waals surface area contributed by atoms with Crippen LogP contribution in [-0.2, 0) is 4.79 Å². The minimum absolute atomic E-state index is 0.0277. The number of benzene rings is 1. The van der Waals surface area contributed by atoms with Crippen molar-refractivity contribution in [2.24, 2.45) is 0 Å². The summed E-state index contributed by atoms with van der Waals surface area (Å²) in [6.07, 6.45) is 0. The van der Waals surface area contributed by atoms with Crippen LogP contribution >= 0.6 is 0 Å². The summed E-state index contributed by atoms with van der Waals surface area (Å²) in [5, 5.41) is 0. The molecule has 0 saturated heterocycles. The number of carbonyl (C=O) groups is 1. The quantitative estimate of drug-likeness (QED) is 0.702. The van der Waals surface area contributed by atoms with E-state index in [4.69, 9.17) is 0 Å². The molecule has 1 heteroatoms. The SMILES string of the molecule is CC.CC.CC(=O)C(C)c1cc(C)ccc1C. The van der Waals surface area contributed by atoms with Crippen molar-refractivity contribution in [2.45, 2.75) is 61.3 Å². The van der Waals surface area contributed by atoms with Gasteiger partial charge in [0.15, 0.2) is 0 Å². The van der Waals surface area contributed by atoms with E-state index in [2.05, 4.69) is 25.1 Å². The lowest BCUT2D eigenvalue weighted by atomic mass is 9.92. The van der Waals surface area contributed by atoms with Crippen molar-refractivity contribution in [2.75, 3.05) is 0 Å². The van der Waals surface area contributed by atoms with Gasteiger partial charge in [0.2, 0.25) is 0 Å². The monoisotopic (exact) mass is 236 g/mol. The van der Waals surface area contributed by atoms with Crippen LogP contribution in [-0.4, -0.2) is 5.78 Å². The molecule has 0 spiro atoms. The Hall–Kier alpha value is -1.11. The third-order valence-electron chi connectivity index (χ3n) is 2.51. The summed E-state index contributed by atoms with van der Waals surface area (Å²) in [7, 11) is 0. The molecule has 0 amide bonds. The fraction of sp³-hybridized carbons (Fsp3) is 0.562. The fourth-order valence-corrected chi connectivity index (χ4v) is 1.45. The van der Waals surface area contributed by atoms with E-state index in [0.29, 0.717) is 0 Å². The standard InChI is InChI=1S/C12H16O.2C2H6/c1-8-5-6-9(2)12(7-8)10(3)11(4)13;2*1-2/h5-7,10H,1-4H3;2*1-2H3. The molecule has 0 saturated carbocycles. The number of hydrogen-bond acceptors (Lipinski definition) is 1. The lowest BCUT2D eigenvalue weighted by Crippen LogP contribution is -2.06. The maximum Gasteiger partial charge on any atom is 0.136 e. The van der Waals surface area contributed by atoms with Crippen molar-refractivity contribution in [1.29, 1.82) is 0 Å². The maximum absolute atomic E-state index is 11.2. The van der Waals surface area contributed by atoms with Crippen LogP contribution in [0.2, 0.25) is 0 Å². The van der Waals surface area contributed by atoms with E-state index in [1.165, 1.54) is 11.1 Å². The zero-order valence-corrected chi connectivity index (χ0v) is 12.7. The second-order valence-electron chi connectivity index (χ2n) is 3.69. The van der Waals surface area contributed by atoms with E-state index in [0.717, 1.165) is 5.56 Å². The second-order valence-corrected chi connectivity index (χ2v) is 3.69. The Morgan fingerprint density at radius 2 is 1.53 bits per heavy atom. The topological polar surface area (TPSA) is 17.1 Å². The molecule has 1 nitrogen and oxygen atoms in total. The van der Waals surface area contributed by atoms with Gasteiger partial charge in [-0.2, -0.15) is 0 Å². The summed E-state index contributed by atoms with van der Waals surface area (Å²) in [6.45, 7) is 15.7. The van der Waals surface area contributed by atoms with Crippen LogP contribution in [0.15, 0.2) is 18.2 Å². The normalized spacial score (nSPS) is 10.4. The van der Waals surface area contributed by atoms with Gasteiger partial charge in [0, 0.05) is 5.92 Å². The molecule has 0 bridgehead atoms. The highest BCUT2D eigenvalue weighted by Crippen LogP contribution is 2.21. The first-order valence-corrected chi connectivity index (χ1v) is 6.60. The summed E-state index contributed by atoms with van der Waals surface area (Å²) in [5.41, 5.74) is 3.58. The Balaban J connectivity index is 0. The summed E-state index contributed by atoms with van der Waals surface area (Å²) in [4.78, 5) is 11.2. The van der Waals surface area contributed by atoms with Gasteiger partial charge in [-0.3, -0.25) is 4.79 Å². The van der Waals surface area contributed by atoms with E-state index in [1.54, 1.807) is 6.92 Å². The molecule has 0 N–H and O–H groups in total. The molecule has 0 aliphatic heterocycles. The van der Waals surface area contributed by atoms with Crippen molar-refractivity contribution in [3.05, 3.63) is 34.9 Å². The second kappa shape index (κ2) is 10.1. The summed E-state index contributed by atoms with van der Waals surface area (Å²) < 4.78 is 0. The Morgan fingerprint density at radius 1 is 1.06 bits per heavy atom. The number of aryl methyl sites for hydroxylation is 2. The van der Waals surface area contributed by atoms with Crippen LogP contribution in [0, 0.1) is 13.8 Å². The highest BCUT2D eigenvalue weighted by Gasteiger charge is 2.12. The molecule has 0 aliphatic rings. The molecule has 1 unspecified atom stereocenters. The van der Waals surface area contributed by atoms with Gasteiger partial charge in [-0.25, -0.2) is 0 Å². The number of ketones is 1. The molecular formula is C16H28O. The molecule has 1 aromatic carbocycles. The van der Waals surface area contributed by atoms with Gasteiger partial charge in [0.1, 0.15) is 5.78 Å². The van der Waals surface area contributed by atoms with E-state index in [1.807, 2.05) is 41.5 Å². The first-order chi connectivity index (χ1) is 8.02. The van der Waals surface area contributed by atoms with Gasteiger partial charge >= 0.3 is 0 Å². The molecule has 1 atom stereocenters. The van der Waals surface area contributed by atoms with Gasteiger partial charge < -0.3 is 0 Å². The Kier molecular flexibility index (Phi) is 10.8. The molecule has 17 heavy (non-hydrogen) atoms. The van der Waals surface area contributed by atoms with Gasteiger partial charge in [-0.05, 0) is 31.9 Å². The summed E-state index contributed by atoms with van der Waals surface area (Å²) in [6, 6.07) is 6.25. The van der Waals surface area contributed by atoms with Crippen LogP contribution in [0.5, 0.6) is 0 Å². The Bertz CT molecular complexity index is 326. The molecule has 0 radical (unpaired) electrons. The first-order valence-electron chi connectivity index (χ1n) is 6.60. The van der Waals surface area contributed by atoms with Crippen LogP contribution < -0.4 is 0 Å². The van der Waals surface area contributed by atoms with Crippen LogP contribution in [0.25, 0.3) is 0 Å². The largest absolute Gasteiger partial charge is 0.299 e. The zero-order valence-electron chi connectivity index (χ0n) is 12.7. The Morgan fingerprint density at radius 3 is 1.94 bits per heavy atom. The van der Waals surface area contributed by atoms with Crippen molar-refractivity contribution in [3.8, 4) is 0 Å². The van der Waals surface area contributed by atoms with E-state index < -0.39 is 0 Å². The number of Topliss-reactive ketones (excluding diaryl/α,β-unsaturated/α-hetero) is 1. The van der Waals surface area contributed by atoms with Crippen molar-refractivity contribution >= 4 is 5.78 Å². The molecular weight excluding hydrogens is 208 g/mol. The molecule has 0 fully saturated rings. The summed E-state index contributed by atoms with van der Waals surface area (Å²) >= 11 is 0. The van der Waals surface area contributed by atoms with E-state index in [9.17, 15) is 4.79 Å². The fourth-order valence-electron chi connectivity index (χ4n) is 1.45. The molecule has 0 aliphatic carbocycles. The van der Waals surface area contributed by atoms with Gasteiger partial charge in [-0.15, -0.1) is 0 Å². The predicted molar refractivity (Wildman–Crippen MR) is 77.7 cm³/mol. The molecule has 1 rings (SSSR count). The lowest BCUT2D eigenvalue weighted by molar-refractivity contribution is -0.118. The molecule has 0 aromatic heterocycles. The van der Waals surface area contributed by atoms with Gasteiger partial charge in [0.05, 0.1) is 0 Å². The van der Waals surface area contributed by atoms with Gasteiger partial charge in [0.25, 0.3) is 0 Å². The number of carbonyl (C=O) groups excluding carboxylic acids is 1. The minimum Gasteiger partial charge on any atom is -0.299 e. The first kappa shape index (κ1) is 18.3. The van der Waals surface area contributed by atoms with Crippen molar-refractivity contribution < 1.29 is 4.79 Å². The van der Waals surface area contributed by atoms with Gasteiger partial charge in [-0.1, -0.05) is 58.4 Å². The number of hydrogen-bond donors (Lipinski definition) is 0. The smallest absolute Gasteiger partial charge is 0.136 e. The van der Waals surface area contributed by atoms with Crippen LogP contribution in [0.1, 0.15) is 64.2 Å². The van der Waals surface area contributed by atoms with Crippen LogP contribution in [0.3, 0.4) is 0 Å². The highest BCUT2D eigenvalue weighted by molar-refractivity contribution is 5.83. The molecule has 1 aromatic rings. The third kappa shape index (κ3) is 6.25. The third-order valence-corrected chi connectivity index (χ3v) is 2.51. The van der Waals surface area contributed by atoms with Crippen molar-refractivity contribution in [1.82, 2.24) is 0 Å². The maximum atomic E-state index is 11.2. The lowest BCUT2D eigenvalue weighted by Gasteiger charge is -2.12. The summed E-state index contributed by atoms with van der Waals surface area (Å²) in [5.74, 6) is 0.258. The average molecular weight is 236 g/mol. The molecule has 0 heterocycles. The zero-order chi connectivity index (χ0) is 14.0. The highest BCUT2D eigenvalue weighted by atomic mass is 16.1. The van der Waals surface area contributed by atoms with E-state index in [-0.39, 0.29) is 11.7 Å². The predicted octanol–water partition coefficient (Wildman–Crippen LogP) is 5.05. The average Bonchev–Trinajstić information content (AvgIpc) is 2.36. The minimum atomic E-state index is 0.0277. The van der Waals surface area contributed by atoms with E-state index >= 15 is 0 Å². The Labute approximate surface area is 107 Å². The number of rotatable bonds is 2. The van der Waals surface area contributed by atoms with Crippen molar-refractivity contribution in [3.63, 3.8) is 0 Å². The molecule has 98 valence electrons.